The number of aryl methyl sites for hydroxylation is 1. The van der Waals surface area contributed by atoms with Gasteiger partial charge in [-0.15, -0.1) is 0 Å². The minimum atomic E-state index is -0.792. The van der Waals surface area contributed by atoms with Gasteiger partial charge in [0.05, 0.1) is 11.6 Å². The Balaban J connectivity index is 1.46. The molecule has 5 amide bonds. The van der Waals surface area contributed by atoms with E-state index in [1.807, 2.05) is 0 Å². The van der Waals surface area contributed by atoms with Gasteiger partial charge in [-0.1, -0.05) is 12.8 Å². The van der Waals surface area contributed by atoms with Crippen molar-refractivity contribution in [3.05, 3.63) is 59.2 Å². The van der Waals surface area contributed by atoms with Crippen molar-refractivity contribution in [2.24, 2.45) is 5.92 Å². The van der Waals surface area contributed by atoms with Crippen LogP contribution in [0.4, 0.5) is 25.0 Å². The normalized spacial score (nSPS) is 14.8. The molecule has 0 aromatic heterocycles. The van der Waals surface area contributed by atoms with Crippen LogP contribution >= 0.6 is 0 Å². The summed E-state index contributed by atoms with van der Waals surface area (Å²) in [5.41, 5.74) is 2.27. The third-order valence-electron chi connectivity index (χ3n) is 6.71. The fourth-order valence-electron chi connectivity index (χ4n) is 4.49. The summed E-state index contributed by atoms with van der Waals surface area (Å²) in [7, 11) is 0. The molecule has 1 fully saturated rings. The Labute approximate surface area is 231 Å². The van der Waals surface area contributed by atoms with Crippen LogP contribution in [0.25, 0.3) is 0 Å². The van der Waals surface area contributed by atoms with Crippen molar-refractivity contribution in [3.63, 3.8) is 0 Å². The van der Waals surface area contributed by atoms with Gasteiger partial charge >= 0.3 is 6.03 Å². The van der Waals surface area contributed by atoms with Crippen LogP contribution in [0.2, 0.25) is 0 Å². The number of likely N-dealkylation sites (tertiary alicyclic amines) is 1. The van der Waals surface area contributed by atoms with Gasteiger partial charge in [0.25, 0.3) is 5.91 Å². The third kappa shape index (κ3) is 9.01. The molecule has 1 atom stereocenters. The summed E-state index contributed by atoms with van der Waals surface area (Å²) < 4.78 is 28.2. The van der Waals surface area contributed by atoms with E-state index in [1.165, 1.54) is 35.2 Å². The number of unbranched alkanes of at least 4 members (excludes halogenated alkanes) is 3. The number of carbonyl (C=O) groups is 4. The molecule has 10 nitrogen and oxygen atoms in total. The second-order valence-electron chi connectivity index (χ2n) is 9.82. The lowest BCUT2D eigenvalue weighted by atomic mass is 9.96. The van der Waals surface area contributed by atoms with E-state index in [1.54, 1.807) is 12.4 Å². The summed E-state index contributed by atoms with van der Waals surface area (Å²) in [5.74, 6) is -2.52. The van der Waals surface area contributed by atoms with Gasteiger partial charge in [0.15, 0.2) is 0 Å². The summed E-state index contributed by atoms with van der Waals surface area (Å²) in [4.78, 5) is 50.4. The van der Waals surface area contributed by atoms with Gasteiger partial charge < -0.3 is 20.9 Å². The summed E-state index contributed by atoms with van der Waals surface area (Å²) >= 11 is 0. The number of carbonyl (C=O) groups excluding carboxylic acids is 4. The predicted octanol–water partition coefficient (Wildman–Crippen LogP) is 4.34. The molecule has 2 aromatic carbocycles. The van der Waals surface area contributed by atoms with Crippen molar-refractivity contribution in [2.45, 2.75) is 51.9 Å². The number of halogens is 2. The standard InChI is InChI=1S/C28H35F2N5O5/c1-18-15-21(10-11-22(18)29)32-28(39)33-24-12-9-19(16-23(24)30)27(38)35-14-6-7-20(17-35)26(37)31-13-5-3-2-4-8-25(36)34-40/h9-12,15-16,20,40H,2-8,13-14,17H2,1H3,(H,31,37)(H,34,36)(H2,32,33,39). The summed E-state index contributed by atoms with van der Waals surface area (Å²) in [6.07, 6.45) is 4.58. The summed E-state index contributed by atoms with van der Waals surface area (Å²) in [6, 6.07) is 7.09. The van der Waals surface area contributed by atoms with Gasteiger partial charge in [0.1, 0.15) is 11.6 Å². The zero-order valence-electron chi connectivity index (χ0n) is 22.4. The zero-order valence-corrected chi connectivity index (χ0v) is 22.4. The van der Waals surface area contributed by atoms with Gasteiger partial charge in [0, 0.05) is 37.3 Å². The molecule has 1 unspecified atom stereocenters. The van der Waals surface area contributed by atoms with E-state index in [0.717, 1.165) is 25.3 Å². The number of amides is 5. The third-order valence-corrected chi connectivity index (χ3v) is 6.71. The maximum absolute atomic E-state index is 14.7. The molecular weight excluding hydrogens is 524 g/mol. The number of rotatable bonds is 11. The zero-order chi connectivity index (χ0) is 29.1. The number of urea groups is 1. The topological polar surface area (TPSA) is 140 Å². The number of nitrogens with zero attached hydrogens (tertiary/aromatic N) is 1. The maximum Gasteiger partial charge on any atom is 0.323 e. The monoisotopic (exact) mass is 559 g/mol. The first-order valence-corrected chi connectivity index (χ1v) is 13.3. The van der Waals surface area contributed by atoms with Gasteiger partial charge in [-0.2, -0.15) is 0 Å². The molecular formula is C28H35F2N5O5. The molecule has 1 aliphatic rings. The van der Waals surface area contributed by atoms with Crippen LogP contribution in [-0.4, -0.2) is 53.5 Å². The number of benzene rings is 2. The molecule has 1 aliphatic heterocycles. The van der Waals surface area contributed by atoms with Crippen LogP contribution in [-0.2, 0) is 9.59 Å². The number of hydrogen-bond acceptors (Lipinski definition) is 5. The van der Waals surface area contributed by atoms with E-state index < -0.39 is 29.5 Å². The first-order valence-electron chi connectivity index (χ1n) is 13.3. The van der Waals surface area contributed by atoms with Crippen LogP contribution in [0, 0.1) is 24.5 Å². The molecule has 1 heterocycles. The SMILES string of the molecule is Cc1cc(NC(=O)Nc2ccc(C(=O)N3CCCC(C(=O)NCCCCCCC(=O)NO)C3)cc2F)ccc1F. The molecule has 0 spiro atoms. The highest BCUT2D eigenvalue weighted by molar-refractivity contribution is 6.00. The fraction of sp³-hybridized carbons (Fsp3) is 0.429. The molecule has 2 aromatic rings. The van der Waals surface area contributed by atoms with Crippen molar-refractivity contribution < 1.29 is 33.2 Å². The molecule has 5 N–H and O–H groups in total. The Bertz CT molecular complexity index is 1230. The Kier molecular flexibility index (Phi) is 11.4. The minimum Gasteiger partial charge on any atom is -0.356 e. The highest BCUT2D eigenvalue weighted by Gasteiger charge is 2.29. The number of hydroxylamine groups is 1. The molecule has 40 heavy (non-hydrogen) atoms. The second-order valence-corrected chi connectivity index (χ2v) is 9.82. The summed E-state index contributed by atoms with van der Waals surface area (Å²) in [6.45, 7) is 2.72. The van der Waals surface area contributed by atoms with Crippen molar-refractivity contribution in [1.82, 2.24) is 15.7 Å². The van der Waals surface area contributed by atoms with E-state index in [0.29, 0.717) is 43.6 Å². The Morgan fingerprint density at radius 2 is 1.75 bits per heavy atom. The number of nitrogens with one attached hydrogen (secondary N) is 4. The molecule has 0 saturated carbocycles. The van der Waals surface area contributed by atoms with Gasteiger partial charge in [-0.05, 0) is 74.6 Å². The van der Waals surface area contributed by atoms with E-state index in [4.69, 9.17) is 5.21 Å². The van der Waals surface area contributed by atoms with Crippen molar-refractivity contribution >= 4 is 35.1 Å². The summed E-state index contributed by atoms with van der Waals surface area (Å²) in [5, 5.41) is 16.3. The molecule has 216 valence electrons. The number of hydrogen-bond donors (Lipinski definition) is 5. The number of anilines is 2. The first-order chi connectivity index (χ1) is 19.2. The van der Waals surface area contributed by atoms with Gasteiger partial charge in [0.2, 0.25) is 11.8 Å². The highest BCUT2D eigenvalue weighted by atomic mass is 19.1. The molecule has 1 saturated heterocycles. The average Bonchev–Trinajstić information content (AvgIpc) is 2.94. The van der Waals surface area contributed by atoms with E-state index in [2.05, 4.69) is 16.0 Å². The lowest BCUT2D eigenvalue weighted by Crippen LogP contribution is -2.45. The van der Waals surface area contributed by atoms with Crippen molar-refractivity contribution in [2.75, 3.05) is 30.3 Å². The predicted molar refractivity (Wildman–Crippen MR) is 145 cm³/mol. The average molecular weight is 560 g/mol. The lowest BCUT2D eigenvalue weighted by molar-refractivity contribution is -0.129. The largest absolute Gasteiger partial charge is 0.356 e. The van der Waals surface area contributed by atoms with Crippen LogP contribution in [0.3, 0.4) is 0 Å². The minimum absolute atomic E-state index is 0.105. The second kappa shape index (κ2) is 14.9. The smallest absolute Gasteiger partial charge is 0.323 e. The molecule has 0 aliphatic carbocycles. The van der Waals surface area contributed by atoms with Crippen LogP contribution < -0.4 is 21.4 Å². The van der Waals surface area contributed by atoms with Crippen molar-refractivity contribution in [1.29, 1.82) is 0 Å². The van der Waals surface area contributed by atoms with Crippen molar-refractivity contribution in [3.8, 4) is 0 Å². The van der Waals surface area contributed by atoms with Crippen LogP contribution in [0.5, 0.6) is 0 Å². The Morgan fingerprint density at radius 3 is 2.48 bits per heavy atom. The molecule has 12 heteroatoms. The molecule has 3 rings (SSSR count). The number of piperidine rings is 1. The Hall–Kier alpha value is -4.06. The van der Waals surface area contributed by atoms with Gasteiger partial charge in [-0.25, -0.2) is 19.1 Å². The molecule has 0 bridgehead atoms. The lowest BCUT2D eigenvalue weighted by Gasteiger charge is -2.32. The van der Waals surface area contributed by atoms with E-state index >= 15 is 0 Å². The van der Waals surface area contributed by atoms with E-state index in [-0.39, 0.29) is 36.0 Å². The Morgan fingerprint density at radius 1 is 0.975 bits per heavy atom. The van der Waals surface area contributed by atoms with Crippen LogP contribution in [0.15, 0.2) is 36.4 Å². The van der Waals surface area contributed by atoms with Gasteiger partial charge in [-0.3, -0.25) is 19.6 Å². The van der Waals surface area contributed by atoms with Crippen LogP contribution in [0.1, 0.15) is 60.9 Å². The first kappa shape index (κ1) is 30.5. The fourth-order valence-corrected chi connectivity index (χ4v) is 4.49. The highest BCUT2D eigenvalue weighted by Crippen LogP contribution is 2.22. The quantitative estimate of drug-likeness (QED) is 0.158. The molecule has 0 radical (unpaired) electrons. The maximum atomic E-state index is 14.7. The van der Waals surface area contributed by atoms with E-state index in [9.17, 15) is 28.0 Å².